The summed E-state index contributed by atoms with van der Waals surface area (Å²) >= 11 is 0. The maximum absolute atomic E-state index is 10.4. The molecule has 0 amide bonds. The van der Waals surface area contributed by atoms with Gasteiger partial charge >= 0.3 is 0 Å². The number of aliphatic imine (C=N–C) groups is 1. The Morgan fingerprint density at radius 1 is 1.31 bits per heavy atom. The van der Waals surface area contributed by atoms with Gasteiger partial charge in [0.2, 0.25) is 0 Å². The van der Waals surface area contributed by atoms with E-state index < -0.39 is 0 Å². The van der Waals surface area contributed by atoms with E-state index in [9.17, 15) is 5.11 Å². The number of phenolic OH excluding ortho intramolecular Hbond substituents is 1. The second kappa shape index (κ2) is 7.47. The minimum Gasteiger partial charge on any atom is -0.508 e. The molecule has 2 saturated heterocycles. The highest BCUT2D eigenvalue weighted by Gasteiger charge is 2.42. The van der Waals surface area contributed by atoms with Crippen LogP contribution in [0.2, 0.25) is 0 Å². The van der Waals surface area contributed by atoms with Crippen molar-refractivity contribution in [3.05, 3.63) is 28.8 Å². The van der Waals surface area contributed by atoms with Crippen molar-refractivity contribution in [1.82, 2.24) is 10.2 Å². The van der Waals surface area contributed by atoms with Crippen LogP contribution in [0.15, 0.2) is 17.1 Å². The number of hydrogen-bond acceptors (Lipinski definition) is 3. The molecule has 1 aliphatic carbocycles. The fraction of sp³-hybridized carbons (Fsp3) is 0.667. The van der Waals surface area contributed by atoms with Crippen molar-refractivity contribution in [1.29, 1.82) is 0 Å². The van der Waals surface area contributed by atoms with E-state index in [0.717, 1.165) is 63.6 Å². The van der Waals surface area contributed by atoms with E-state index in [-0.39, 0.29) is 0 Å². The number of fused-ring (bicyclic) bond motifs is 1. The van der Waals surface area contributed by atoms with E-state index in [1.54, 1.807) is 0 Å². The molecule has 2 fully saturated rings. The van der Waals surface area contributed by atoms with Gasteiger partial charge in [0, 0.05) is 37.2 Å². The van der Waals surface area contributed by atoms with Gasteiger partial charge in [-0.1, -0.05) is 6.07 Å². The average Bonchev–Trinajstić information content (AvgIpc) is 3.30. The molecule has 1 aromatic rings. The van der Waals surface area contributed by atoms with Crippen molar-refractivity contribution < 1.29 is 9.84 Å². The van der Waals surface area contributed by atoms with Gasteiger partial charge in [-0.15, -0.1) is 0 Å². The van der Waals surface area contributed by atoms with Crippen LogP contribution in [0.25, 0.3) is 0 Å². The first-order chi connectivity index (χ1) is 12.7. The number of benzene rings is 1. The number of phenols is 1. The van der Waals surface area contributed by atoms with Gasteiger partial charge in [-0.2, -0.15) is 0 Å². The van der Waals surface area contributed by atoms with Gasteiger partial charge in [0.05, 0.1) is 13.2 Å². The van der Waals surface area contributed by atoms with Crippen molar-refractivity contribution >= 4 is 5.96 Å². The monoisotopic (exact) mass is 357 g/mol. The molecule has 5 nitrogen and oxygen atoms in total. The molecule has 1 aromatic carbocycles. The summed E-state index contributed by atoms with van der Waals surface area (Å²) in [7, 11) is 0. The lowest BCUT2D eigenvalue weighted by Crippen LogP contribution is -2.41. The number of nitrogens with zero attached hydrogens (tertiary/aromatic N) is 2. The molecule has 2 aliphatic heterocycles. The van der Waals surface area contributed by atoms with Crippen LogP contribution in [0.3, 0.4) is 0 Å². The summed E-state index contributed by atoms with van der Waals surface area (Å²) < 4.78 is 5.66. The number of aromatic hydroxyl groups is 1. The number of guanidine groups is 1. The molecular formula is C21H31N3O2. The van der Waals surface area contributed by atoms with Crippen LogP contribution in [0, 0.1) is 5.41 Å². The van der Waals surface area contributed by atoms with E-state index in [1.165, 1.54) is 30.4 Å². The molecule has 1 spiro atoms. The van der Waals surface area contributed by atoms with Gasteiger partial charge in [-0.25, -0.2) is 4.99 Å². The Morgan fingerprint density at radius 2 is 2.19 bits per heavy atom. The Bertz CT molecular complexity index is 680. The van der Waals surface area contributed by atoms with Crippen LogP contribution in [0.1, 0.15) is 49.3 Å². The first kappa shape index (κ1) is 17.7. The molecule has 4 rings (SSSR count). The van der Waals surface area contributed by atoms with Gasteiger partial charge in [-0.05, 0) is 62.6 Å². The van der Waals surface area contributed by atoms with E-state index in [4.69, 9.17) is 9.73 Å². The van der Waals surface area contributed by atoms with Crippen LogP contribution in [0.4, 0.5) is 0 Å². The molecule has 3 aliphatic rings. The number of hydrogen-bond donors (Lipinski definition) is 2. The number of rotatable bonds is 3. The van der Waals surface area contributed by atoms with E-state index in [0.29, 0.717) is 17.7 Å². The Hall–Kier alpha value is -1.75. The number of aryl methyl sites for hydroxylation is 1. The Labute approximate surface area is 156 Å². The maximum Gasteiger partial charge on any atom is 0.194 e. The van der Waals surface area contributed by atoms with Gasteiger partial charge in [0.1, 0.15) is 5.75 Å². The van der Waals surface area contributed by atoms with E-state index >= 15 is 0 Å². The van der Waals surface area contributed by atoms with Gasteiger partial charge in [0.25, 0.3) is 0 Å². The first-order valence-electron chi connectivity index (χ1n) is 10.1. The quantitative estimate of drug-likeness (QED) is 0.645. The zero-order chi connectivity index (χ0) is 18.0. The number of nitrogens with one attached hydrogen (secondary N) is 1. The molecule has 2 N–H and O–H groups in total. The lowest BCUT2D eigenvalue weighted by Gasteiger charge is -2.25. The molecule has 1 unspecified atom stereocenters. The van der Waals surface area contributed by atoms with Crippen LogP contribution in [0.5, 0.6) is 5.75 Å². The number of likely N-dealkylation sites (tertiary alicyclic amines) is 1. The largest absolute Gasteiger partial charge is 0.508 e. The second-order valence-corrected chi connectivity index (χ2v) is 8.05. The Balaban J connectivity index is 1.54. The molecule has 1 atom stereocenters. The first-order valence-corrected chi connectivity index (χ1v) is 10.1. The smallest absolute Gasteiger partial charge is 0.194 e. The predicted molar refractivity (Wildman–Crippen MR) is 104 cm³/mol. The molecule has 0 aromatic heterocycles. The van der Waals surface area contributed by atoms with Gasteiger partial charge in [-0.3, -0.25) is 0 Å². The summed E-state index contributed by atoms with van der Waals surface area (Å²) in [4.78, 5) is 7.30. The third kappa shape index (κ3) is 3.41. The highest BCUT2D eigenvalue weighted by atomic mass is 16.5. The fourth-order valence-corrected chi connectivity index (χ4v) is 4.74. The van der Waals surface area contributed by atoms with Gasteiger partial charge < -0.3 is 20.1 Å². The molecule has 142 valence electrons. The SMILES string of the molecule is CCNC(=NCc1c(O)ccc2c1CCCC2)N1CCC2(CCOC2)C1. The van der Waals surface area contributed by atoms with Crippen LogP contribution in [-0.2, 0) is 24.1 Å². The summed E-state index contributed by atoms with van der Waals surface area (Å²) in [5, 5.41) is 13.9. The summed E-state index contributed by atoms with van der Waals surface area (Å²) in [6.07, 6.45) is 7.00. The van der Waals surface area contributed by atoms with Crippen LogP contribution < -0.4 is 5.32 Å². The third-order valence-corrected chi connectivity index (χ3v) is 6.27. The minimum atomic E-state index is 0.324. The maximum atomic E-state index is 10.4. The highest BCUT2D eigenvalue weighted by Crippen LogP contribution is 2.38. The minimum absolute atomic E-state index is 0.324. The van der Waals surface area contributed by atoms with Crippen molar-refractivity contribution in [2.45, 2.75) is 52.0 Å². The average molecular weight is 357 g/mol. The topological polar surface area (TPSA) is 57.1 Å². The molecule has 26 heavy (non-hydrogen) atoms. The summed E-state index contributed by atoms with van der Waals surface area (Å²) in [5.74, 6) is 1.37. The Morgan fingerprint density at radius 3 is 3.00 bits per heavy atom. The van der Waals surface area contributed by atoms with Gasteiger partial charge in [0.15, 0.2) is 5.96 Å². The highest BCUT2D eigenvalue weighted by molar-refractivity contribution is 5.80. The van der Waals surface area contributed by atoms with Crippen LogP contribution >= 0.6 is 0 Å². The van der Waals surface area contributed by atoms with Crippen molar-refractivity contribution in [2.24, 2.45) is 10.4 Å². The third-order valence-electron chi connectivity index (χ3n) is 6.27. The molecule has 0 bridgehead atoms. The second-order valence-electron chi connectivity index (χ2n) is 8.05. The zero-order valence-corrected chi connectivity index (χ0v) is 15.9. The Kier molecular flexibility index (Phi) is 5.07. The predicted octanol–water partition coefficient (Wildman–Crippen LogP) is 2.85. The van der Waals surface area contributed by atoms with Crippen molar-refractivity contribution in [3.8, 4) is 5.75 Å². The zero-order valence-electron chi connectivity index (χ0n) is 15.9. The molecule has 2 heterocycles. The van der Waals surface area contributed by atoms with Crippen molar-refractivity contribution in [2.75, 3.05) is 32.8 Å². The standard InChI is InChI=1S/C21H31N3O2/c1-2-22-20(24-11-9-21(14-24)10-12-26-15-21)23-13-18-17-6-4-3-5-16(17)7-8-19(18)25/h7-8,25H,2-6,9-15H2,1H3,(H,22,23). The lowest BCUT2D eigenvalue weighted by atomic mass is 9.87. The lowest BCUT2D eigenvalue weighted by molar-refractivity contribution is 0.156. The normalized spacial score (nSPS) is 25.7. The van der Waals surface area contributed by atoms with Crippen molar-refractivity contribution in [3.63, 3.8) is 0 Å². The number of ether oxygens (including phenoxy) is 1. The van der Waals surface area contributed by atoms with Crippen LogP contribution in [-0.4, -0.2) is 48.8 Å². The van der Waals surface area contributed by atoms with E-state index in [2.05, 4.69) is 23.2 Å². The molecular weight excluding hydrogens is 326 g/mol. The molecule has 5 heteroatoms. The molecule has 0 saturated carbocycles. The van der Waals surface area contributed by atoms with E-state index in [1.807, 2.05) is 6.07 Å². The summed E-state index contributed by atoms with van der Waals surface area (Å²) in [5.41, 5.74) is 4.07. The summed E-state index contributed by atoms with van der Waals surface area (Å²) in [6.45, 7) is 7.37. The fourth-order valence-electron chi connectivity index (χ4n) is 4.74. The summed E-state index contributed by atoms with van der Waals surface area (Å²) in [6, 6.07) is 3.94. The molecule has 0 radical (unpaired) electrons.